The first-order chi connectivity index (χ1) is 25.9. The number of allylic oxidation sites excluding steroid dienone is 4. The van der Waals surface area contributed by atoms with E-state index in [1.807, 2.05) is 6.07 Å². The number of hydrogen-bond donors (Lipinski definition) is 0. The summed E-state index contributed by atoms with van der Waals surface area (Å²) in [6.07, 6.45) is 39.3. The van der Waals surface area contributed by atoms with Crippen molar-refractivity contribution in [2.45, 2.75) is 220 Å². The first-order valence-electron chi connectivity index (χ1n) is 22.0. The summed E-state index contributed by atoms with van der Waals surface area (Å²) in [6.45, 7) is 7.86. The monoisotopic (exact) mass is 738 g/mol. The summed E-state index contributed by atoms with van der Waals surface area (Å²) >= 11 is 0. The van der Waals surface area contributed by atoms with Gasteiger partial charge in [0, 0.05) is 18.4 Å². The molecule has 0 radical (unpaired) electrons. The highest BCUT2D eigenvalue weighted by Crippen LogP contribution is 2.18. The third-order valence-corrected chi connectivity index (χ3v) is 9.93. The van der Waals surface area contributed by atoms with Crippen molar-refractivity contribution in [1.29, 1.82) is 0 Å². The van der Waals surface area contributed by atoms with Gasteiger partial charge in [0.25, 0.3) is 5.91 Å². The Kier molecular flexibility index (Phi) is 31.6. The average Bonchev–Trinajstić information content (AvgIpc) is 3.15. The first-order valence-corrected chi connectivity index (χ1v) is 22.0. The molecule has 0 aliphatic heterocycles. The number of rotatable bonds is 35. The second-order valence-corrected chi connectivity index (χ2v) is 14.9. The minimum atomic E-state index is -0.874. The van der Waals surface area contributed by atoms with Gasteiger partial charge < -0.3 is 9.47 Å². The van der Waals surface area contributed by atoms with E-state index in [0.29, 0.717) is 18.4 Å². The Morgan fingerprint density at radius 1 is 0.491 bits per heavy atom. The Balaban J connectivity index is 2.33. The van der Waals surface area contributed by atoms with Gasteiger partial charge in [0.1, 0.15) is 0 Å². The fraction of sp³-hybridized carbons (Fsp3) is 0.723. The molecule has 1 aromatic carbocycles. The van der Waals surface area contributed by atoms with Crippen LogP contribution in [0.4, 0.5) is 0 Å². The number of hydrogen-bond acceptors (Lipinski definition) is 5. The summed E-state index contributed by atoms with van der Waals surface area (Å²) in [6, 6.07) is 8.86. The van der Waals surface area contributed by atoms with Gasteiger partial charge in [0.15, 0.2) is 12.5 Å². The molecule has 302 valence electrons. The molecule has 6 heteroatoms. The van der Waals surface area contributed by atoms with Gasteiger partial charge >= 0.3 is 11.9 Å². The second kappa shape index (κ2) is 34.9. The predicted octanol–water partition coefficient (Wildman–Crippen LogP) is 14.0. The van der Waals surface area contributed by atoms with Gasteiger partial charge in [-0.15, -0.1) is 0 Å². The summed E-state index contributed by atoms with van der Waals surface area (Å²) in [5, 5.41) is 0. The van der Waals surface area contributed by atoms with E-state index in [0.717, 1.165) is 64.2 Å². The molecule has 1 amide bonds. The summed E-state index contributed by atoms with van der Waals surface area (Å²) in [4.78, 5) is 40.5. The Bertz CT molecular complexity index is 1020. The Morgan fingerprint density at radius 2 is 0.811 bits per heavy atom. The van der Waals surface area contributed by atoms with Gasteiger partial charge in [0.2, 0.25) is 0 Å². The van der Waals surface area contributed by atoms with E-state index in [1.165, 1.54) is 108 Å². The van der Waals surface area contributed by atoms with Crippen LogP contribution in [0.5, 0.6) is 0 Å². The lowest BCUT2D eigenvalue weighted by Crippen LogP contribution is -2.48. The molecule has 2 unspecified atom stereocenters. The summed E-state index contributed by atoms with van der Waals surface area (Å²) in [7, 11) is 0. The van der Waals surface area contributed by atoms with Crippen LogP contribution in [0, 0.1) is 0 Å². The van der Waals surface area contributed by atoms with E-state index in [2.05, 4.69) is 38.2 Å². The fourth-order valence-corrected chi connectivity index (χ4v) is 6.65. The molecule has 53 heavy (non-hydrogen) atoms. The number of esters is 2. The highest BCUT2D eigenvalue weighted by atomic mass is 16.6. The van der Waals surface area contributed by atoms with Crippen LogP contribution in [0.25, 0.3) is 0 Å². The third-order valence-electron chi connectivity index (χ3n) is 9.93. The molecule has 2 atom stereocenters. The zero-order chi connectivity index (χ0) is 38.6. The second-order valence-electron chi connectivity index (χ2n) is 14.9. The van der Waals surface area contributed by atoms with Crippen LogP contribution >= 0.6 is 0 Å². The number of benzene rings is 1. The van der Waals surface area contributed by atoms with Gasteiger partial charge in [-0.25, -0.2) is 0 Å². The molecule has 0 aromatic heterocycles. The number of unbranched alkanes of at least 4 members (excludes halogenated alkanes) is 22. The van der Waals surface area contributed by atoms with E-state index in [9.17, 15) is 14.4 Å². The van der Waals surface area contributed by atoms with Crippen molar-refractivity contribution >= 4 is 17.8 Å². The largest absolute Gasteiger partial charge is 0.442 e. The average molecular weight is 738 g/mol. The summed E-state index contributed by atoms with van der Waals surface area (Å²) in [5.74, 6) is -1.02. The Hall–Kier alpha value is -2.89. The molecule has 1 aromatic rings. The van der Waals surface area contributed by atoms with Gasteiger partial charge in [-0.1, -0.05) is 159 Å². The topological polar surface area (TPSA) is 72.9 Å². The molecular formula is C47H79NO5. The van der Waals surface area contributed by atoms with E-state index < -0.39 is 12.5 Å². The van der Waals surface area contributed by atoms with E-state index in [4.69, 9.17) is 9.47 Å². The van der Waals surface area contributed by atoms with Gasteiger partial charge in [-0.05, 0) is 90.2 Å². The molecule has 0 aliphatic rings. The number of amides is 1. The Labute approximate surface area is 325 Å². The maximum atomic E-state index is 13.5. The number of carbonyl (C=O) groups excluding carboxylic acids is 3. The molecule has 0 aliphatic carbocycles. The molecular weight excluding hydrogens is 659 g/mol. The van der Waals surface area contributed by atoms with Crippen molar-refractivity contribution < 1.29 is 23.9 Å². The lowest BCUT2D eigenvalue weighted by atomic mass is 10.1. The van der Waals surface area contributed by atoms with Crippen molar-refractivity contribution in [3.8, 4) is 0 Å². The SMILES string of the molecule is CCCCCCCC/C=C\CCCCCCCC(=O)OC(C)N(C(=O)c1ccccc1)C(C)OC(=O)CCCCCCC/C=C\CCCCCCCC. The van der Waals surface area contributed by atoms with Crippen LogP contribution in [0.1, 0.15) is 218 Å². The summed E-state index contributed by atoms with van der Waals surface area (Å²) < 4.78 is 11.5. The zero-order valence-corrected chi connectivity index (χ0v) is 34.6. The van der Waals surface area contributed by atoms with Crippen LogP contribution in [0.2, 0.25) is 0 Å². The molecule has 0 spiro atoms. The summed E-state index contributed by atoms with van der Waals surface area (Å²) in [5.41, 5.74) is 0.452. The normalized spacial score (nSPS) is 12.7. The van der Waals surface area contributed by atoms with Gasteiger partial charge in [-0.3, -0.25) is 19.3 Å². The fourth-order valence-electron chi connectivity index (χ4n) is 6.65. The van der Waals surface area contributed by atoms with Crippen molar-refractivity contribution in [2.75, 3.05) is 0 Å². The van der Waals surface area contributed by atoms with Crippen LogP contribution in [-0.2, 0) is 19.1 Å². The third kappa shape index (κ3) is 27.4. The number of carbonyl (C=O) groups is 3. The van der Waals surface area contributed by atoms with E-state index in [-0.39, 0.29) is 17.8 Å². The minimum absolute atomic E-state index is 0.305. The highest BCUT2D eigenvalue weighted by molar-refractivity contribution is 5.94. The molecule has 0 saturated carbocycles. The maximum Gasteiger partial charge on any atom is 0.307 e. The van der Waals surface area contributed by atoms with Crippen LogP contribution in [0.3, 0.4) is 0 Å². The maximum absolute atomic E-state index is 13.5. The standard InChI is InChI=1S/C47H79NO5/c1-5-7-9-11-13-15-17-19-21-23-25-27-29-31-36-40-45(49)52-42(3)48(47(51)44-38-34-33-35-39-44)43(4)53-46(50)41-37-32-30-28-26-24-22-20-18-16-14-12-10-8-6-2/h19-22,33-35,38-39,42-43H,5-18,23-32,36-37,40-41H2,1-4H3/b21-19-,22-20-. The van der Waals surface area contributed by atoms with Crippen molar-refractivity contribution in [1.82, 2.24) is 4.90 Å². The van der Waals surface area contributed by atoms with E-state index in [1.54, 1.807) is 38.1 Å². The van der Waals surface area contributed by atoms with Crippen molar-refractivity contribution in [3.63, 3.8) is 0 Å². The molecule has 0 bridgehead atoms. The van der Waals surface area contributed by atoms with Crippen molar-refractivity contribution in [3.05, 3.63) is 60.2 Å². The van der Waals surface area contributed by atoms with Gasteiger partial charge in [0.05, 0.1) is 0 Å². The smallest absolute Gasteiger partial charge is 0.307 e. The lowest BCUT2D eigenvalue weighted by Gasteiger charge is -2.33. The highest BCUT2D eigenvalue weighted by Gasteiger charge is 2.31. The molecule has 1 rings (SSSR count). The molecule has 0 fully saturated rings. The van der Waals surface area contributed by atoms with E-state index >= 15 is 0 Å². The quantitative estimate of drug-likeness (QED) is 0.0300. The van der Waals surface area contributed by atoms with Gasteiger partial charge in [-0.2, -0.15) is 0 Å². The zero-order valence-electron chi connectivity index (χ0n) is 34.6. The van der Waals surface area contributed by atoms with Crippen LogP contribution in [0.15, 0.2) is 54.6 Å². The van der Waals surface area contributed by atoms with Crippen LogP contribution < -0.4 is 0 Å². The minimum Gasteiger partial charge on any atom is -0.442 e. The molecule has 0 N–H and O–H groups in total. The lowest BCUT2D eigenvalue weighted by molar-refractivity contribution is -0.172. The van der Waals surface area contributed by atoms with Crippen LogP contribution in [-0.4, -0.2) is 35.2 Å². The first kappa shape index (κ1) is 48.1. The van der Waals surface area contributed by atoms with Crippen molar-refractivity contribution in [2.24, 2.45) is 0 Å². The Morgan fingerprint density at radius 3 is 1.17 bits per heavy atom. The predicted molar refractivity (Wildman–Crippen MR) is 223 cm³/mol. The number of ether oxygens (including phenoxy) is 2. The molecule has 0 saturated heterocycles. The molecule has 6 nitrogen and oxygen atoms in total. The number of nitrogens with zero attached hydrogens (tertiary/aromatic N) is 1. The molecule has 0 heterocycles.